The van der Waals surface area contributed by atoms with E-state index in [4.69, 9.17) is 0 Å². The summed E-state index contributed by atoms with van der Waals surface area (Å²) in [4.78, 5) is 3.48. The Balaban J connectivity index is 1.15. The number of rotatable bonds is 2. The molecule has 0 spiro atoms. The average molecular weight is 653 g/mol. The number of hydrogen-bond donors (Lipinski definition) is 0. The largest absolute Gasteiger partial charge is 0.300 e. The van der Waals surface area contributed by atoms with Crippen molar-refractivity contribution >= 4 is 65.5 Å². The molecule has 0 saturated carbocycles. The third-order valence-electron chi connectivity index (χ3n) is 8.24. The highest BCUT2D eigenvalue weighted by Crippen LogP contribution is 2.62. The average Bonchev–Trinajstić information content (AvgIpc) is 3.84. The summed E-state index contributed by atoms with van der Waals surface area (Å²) in [5, 5.41) is 20.1. The van der Waals surface area contributed by atoms with Gasteiger partial charge in [0, 0.05) is 72.0 Å². The Kier molecular flexibility index (Phi) is 5.13. The van der Waals surface area contributed by atoms with E-state index in [1.165, 1.54) is 69.6 Å². The highest BCUT2D eigenvalue weighted by molar-refractivity contribution is 7.28. The Morgan fingerprint density at radius 2 is 0.886 bits per heavy atom. The van der Waals surface area contributed by atoms with Crippen LogP contribution < -0.4 is 0 Å². The van der Waals surface area contributed by atoms with Crippen LogP contribution in [0.2, 0.25) is 0 Å². The molecule has 7 aromatic rings. The van der Waals surface area contributed by atoms with Gasteiger partial charge >= 0.3 is 11.8 Å². The van der Waals surface area contributed by atoms with Crippen molar-refractivity contribution in [1.29, 1.82) is 10.5 Å². The number of hydrogen-bond acceptors (Lipinski definition) is 6. The zero-order valence-corrected chi connectivity index (χ0v) is 25.2. The minimum Gasteiger partial charge on any atom is -0.196 e. The van der Waals surface area contributed by atoms with Crippen molar-refractivity contribution in [3.63, 3.8) is 0 Å². The lowest BCUT2D eigenvalue weighted by molar-refractivity contribution is 0.0453. The van der Waals surface area contributed by atoms with Gasteiger partial charge in [-0.15, -0.1) is 45.3 Å². The molecule has 0 N–H and O–H groups in total. The Morgan fingerprint density at radius 3 is 1.30 bits per heavy atom. The van der Waals surface area contributed by atoms with Crippen LogP contribution in [0.1, 0.15) is 33.4 Å². The first-order chi connectivity index (χ1) is 21.1. The zero-order chi connectivity index (χ0) is 30.1. The molecule has 2 aliphatic carbocycles. The normalized spacial score (nSPS) is 15.1. The molecule has 4 heterocycles. The third-order valence-corrected chi connectivity index (χ3v) is 13.2. The summed E-state index contributed by atoms with van der Waals surface area (Å²) < 4.78 is 65.9. The molecule has 4 aromatic heterocycles. The number of thiophene rings is 4. The Hall–Kier alpha value is -4.32. The fourth-order valence-electron chi connectivity index (χ4n) is 6.15. The van der Waals surface area contributed by atoms with E-state index < -0.39 is 11.8 Å². The molecule has 0 unspecified atom stereocenters. The van der Waals surface area contributed by atoms with Gasteiger partial charge < -0.3 is 0 Å². The van der Waals surface area contributed by atoms with Gasteiger partial charge in [-0.25, -0.2) is 0 Å². The number of fused-ring (bicyclic) bond motifs is 8. The van der Waals surface area contributed by atoms with E-state index in [0.717, 1.165) is 29.9 Å². The van der Waals surface area contributed by atoms with Gasteiger partial charge in [-0.3, -0.25) is 0 Å². The molecule has 3 aromatic carbocycles. The summed E-state index contributed by atoms with van der Waals surface area (Å²) in [5.41, 5.74) is 0.523. The van der Waals surface area contributed by atoms with E-state index in [1.54, 1.807) is 24.3 Å². The summed E-state index contributed by atoms with van der Waals surface area (Å²) in [7, 11) is 0. The second-order valence-electron chi connectivity index (χ2n) is 10.7. The number of benzene rings is 3. The molecule has 0 bridgehead atoms. The van der Waals surface area contributed by atoms with Crippen molar-refractivity contribution in [3.8, 4) is 52.5 Å². The van der Waals surface area contributed by atoms with E-state index in [9.17, 15) is 10.5 Å². The molecule has 0 aliphatic heterocycles. The van der Waals surface area contributed by atoms with Crippen LogP contribution in [0.25, 0.3) is 60.6 Å². The lowest BCUT2D eigenvalue weighted by Crippen LogP contribution is -2.13. The van der Waals surface area contributed by atoms with Gasteiger partial charge in [0.15, 0.2) is 0 Å². The lowest BCUT2D eigenvalue weighted by atomic mass is 9.99. The van der Waals surface area contributed by atoms with Crippen molar-refractivity contribution in [2.24, 2.45) is 0 Å². The highest BCUT2D eigenvalue weighted by Gasteiger charge is 2.52. The first kappa shape index (κ1) is 26.1. The van der Waals surface area contributed by atoms with E-state index >= 15 is 17.6 Å². The zero-order valence-electron chi connectivity index (χ0n) is 22.0. The summed E-state index contributed by atoms with van der Waals surface area (Å²) in [6.45, 7) is 0. The topological polar surface area (TPSA) is 47.6 Å². The first-order valence-electron chi connectivity index (χ1n) is 13.3. The maximum atomic E-state index is 16.0. The summed E-state index contributed by atoms with van der Waals surface area (Å²) >= 11 is 5.26. The molecule has 0 amide bonds. The second kappa shape index (κ2) is 8.65. The van der Waals surface area contributed by atoms with E-state index in [-0.39, 0.29) is 33.4 Å². The molecule has 44 heavy (non-hydrogen) atoms. The van der Waals surface area contributed by atoms with Crippen LogP contribution in [0.5, 0.6) is 0 Å². The smallest absolute Gasteiger partial charge is 0.196 e. The van der Waals surface area contributed by atoms with Crippen LogP contribution in [0.3, 0.4) is 0 Å². The van der Waals surface area contributed by atoms with Gasteiger partial charge in [0.05, 0.1) is 23.3 Å². The number of halogens is 4. The molecular weight excluding hydrogens is 641 g/mol. The predicted octanol–water partition coefficient (Wildman–Crippen LogP) is 11.6. The number of nitrogens with zero attached hydrogens (tertiary/aromatic N) is 2. The van der Waals surface area contributed by atoms with Crippen molar-refractivity contribution in [1.82, 2.24) is 0 Å². The Morgan fingerprint density at radius 1 is 0.477 bits per heavy atom. The predicted molar refractivity (Wildman–Crippen MR) is 170 cm³/mol. The molecule has 0 atom stereocenters. The second-order valence-corrected chi connectivity index (χ2v) is 15.0. The summed E-state index contributed by atoms with van der Waals surface area (Å²) in [5.74, 6) is -6.66. The number of nitriles is 2. The molecule has 2 aliphatic rings. The van der Waals surface area contributed by atoms with Gasteiger partial charge in [0.1, 0.15) is 0 Å². The van der Waals surface area contributed by atoms with E-state index in [2.05, 4.69) is 12.1 Å². The molecule has 9 rings (SSSR count). The van der Waals surface area contributed by atoms with Gasteiger partial charge in [0.25, 0.3) is 0 Å². The molecule has 2 nitrogen and oxygen atoms in total. The monoisotopic (exact) mass is 652 g/mol. The fraction of sp³-hybridized carbons (Fsp3) is 0.0588. The van der Waals surface area contributed by atoms with Crippen LogP contribution in [0.15, 0.2) is 72.8 Å². The van der Waals surface area contributed by atoms with Crippen LogP contribution in [-0.2, 0) is 11.8 Å². The Bertz CT molecular complexity index is 2320. The number of alkyl halides is 4. The molecule has 0 saturated heterocycles. The van der Waals surface area contributed by atoms with E-state index in [1.807, 2.05) is 24.3 Å². The first-order valence-corrected chi connectivity index (χ1v) is 16.5. The maximum Gasteiger partial charge on any atom is 0.300 e. The quantitative estimate of drug-likeness (QED) is 0.175. The standard InChI is InChI=1S/C34H12F4N2S4/c35-33(36)21-10-20-22(9-19(21)31-23(33)11-29(43-31)27-7-17-5-15(13-39)1-3-25(17)41-27)34(37,38)24-12-30(44-32(20)24)28-8-18-6-16(14-40)2-4-26(18)42-28/h1-12H. The maximum absolute atomic E-state index is 16.0. The van der Waals surface area contributed by atoms with Crippen molar-refractivity contribution in [2.75, 3.05) is 0 Å². The van der Waals surface area contributed by atoms with Crippen LogP contribution >= 0.6 is 45.3 Å². The van der Waals surface area contributed by atoms with Crippen molar-refractivity contribution < 1.29 is 17.6 Å². The van der Waals surface area contributed by atoms with Gasteiger partial charge in [-0.05, 0) is 83.6 Å². The molecule has 0 fully saturated rings. The van der Waals surface area contributed by atoms with E-state index in [0.29, 0.717) is 30.6 Å². The summed E-state index contributed by atoms with van der Waals surface area (Å²) in [6, 6.07) is 24.1. The minimum absolute atomic E-state index is 0.153. The van der Waals surface area contributed by atoms with Crippen LogP contribution in [0.4, 0.5) is 17.6 Å². The summed E-state index contributed by atoms with van der Waals surface area (Å²) in [6.07, 6.45) is 0. The third kappa shape index (κ3) is 3.42. The molecular formula is C34H12F4N2S4. The fourth-order valence-corrected chi connectivity index (χ4v) is 10.8. The Labute approximate surface area is 262 Å². The van der Waals surface area contributed by atoms with Crippen LogP contribution in [0, 0.1) is 22.7 Å². The SMILES string of the molecule is N#Cc1ccc2sc(-c3cc4c(s3)-c3cc5c(cc3C4(F)F)-c3sc(-c4cc6cc(C#N)ccc6s4)cc3C5(F)F)cc2c1. The lowest BCUT2D eigenvalue weighted by Gasteiger charge is -2.16. The van der Waals surface area contributed by atoms with Crippen LogP contribution in [-0.4, -0.2) is 0 Å². The van der Waals surface area contributed by atoms with Crippen molar-refractivity contribution in [2.45, 2.75) is 11.8 Å². The highest BCUT2D eigenvalue weighted by atomic mass is 32.1. The van der Waals surface area contributed by atoms with Gasteiger partial charge in [-0.2, -0.15) is 28.1 Å². The van der Waals surface area contributed by atoms with Gasteiger partial charge in [0.2, 0.25) is 0 Å². The molecule has 10 heteroatoms. The molecule has 0 radical (unpaired) electrons. The molecule has 210 valence electrons. The minimum atomic E-state index is -3.33. The van der Waals surface area contributed by atoms with Crippen molar-refractivity contribution in [3.05, 3.63) is 106 Å². The van der Waals surface area contributed by atoms with Gasteiger partial charge in [-0.1, -0.05) is 0 Å².